The van der Waals surface area contributed by atoms with Gasteiger partial charge in [-0.3, -0.25) is 14.8 Å². The van der Waals surface area contributed by atoms with E-state index in [9.17, 15) is 14.8 Å². The summed E-state index contributed by atoms with van der Waals surface area (Å²) in [5.41, 5.74) is 0.628. The van der Waals surface area contributed by atoms with Crippen LogP contribution in [0.5, 0.6) is 0 Å². The molecule has 0 saturated carbocycles. The maximum atomic E-state index is 12.4. The predicted octanol–water partition coefficient (Wildman–Crippen LogP) is 2.62. The van der Waals surface area contributed by atoms with Crippen molar-refractivity contribution in [2.75, 3.05) is 5.06 Å². The third-order valence-electron chi connectivity index (χ3n) is 2.89. The number of amides is 1. The molecule has 0 spiro atoms. The number of anilines is 1. The summed E-state index contributed by atoms with van der Waals surface area (Å²) in [5.74, 6) is -0.877. The molecule has 0 aliphatic carbocycles. The van der Waals surface area contributed by atoms with Crippen LogP contribution in [0.15, 0.2) is 54.6 Å². The highest BCUT2D eigenvalue weighted by Crippen LogP contribution is 2.28. The second-order valence-electron chi connectivity index (χ2n) is 4.17. The Hall–Kier alpha value is -1.86. The number of ketones is 1. The van der Waals surface area contributed by atoms with E-state index in [0.717, 1.165) is 3.57 Å². The van der Waals surface area contributed by atoms with Crippen LogP contribution in [0.2, 0.25) is 0 Å². The normalized spacial score (nSPS) is 16.9. The van der Waals surface area contributed by atoms with Crippen LogP contribution in [-0.2, 0) is 4.79 Å². The van der Waals surface area contributed by atoms with E-state index < -0.39 is 26.6 Å². The van der Waals surface area contributed by atoms with Crippen molar-refractivity contribution in [2.24, 2.45) is 0 Å². The van der Waals surface area contributed by atoms with E-state index in [1.807, 2.05) is 30.3 Å². The lowest BCUT2D eigenvalue weighted by molar-refractivity contribution is -0.117. The van der Waals surface area contributed by atoms with Crippen LogP contribution in [0.1, 0.15) is 10.4 Å². The number of hydrogen-bond donors (Lipinski definition) is 1. The Balaban J connectivity index is 2.13. The molecule has 4 nitrogen and oxygen atoms in total. The van der Waals surface area contributed by atoms with Gasteiger partial charge in [-0.2, -0.15) is 5.06 Å². The first kappa shape index (κ1) is 13.1. The summed E-state index contributed by atoms with van der Waals surface area (Å²) in [7, 11) is 0. The molecular weight excluding hydrogens is 369 g/mol. The molecule has 100 valence electrons. The van der Waals surface area contributed by atoms with Crippen LogP contribution in [0.4, 0.5) is 5.69 Å². The van der Waals surface area contributed by atoms with Crippen molar-refractivity contribution < 1.29 is 14.8 Å². The first-order chi connectivity index (χ1) is 9.68. The molecule has 0 bridgehead atoms. The lowest BCUT2D eigenvalue weighted by Gasteiger charge is -2.23. The van der Waals surface area contributed by atoms with E-state index >= 15 is 0 Å². The minimum absolute atomic E-state index is 0.191. The van der Waals surface area contributed by atoms with E-state index in [4.69, 9.17) is 0 Å². The third kappa shape index (κ3) is 2.19. The van der Waals surface area contributed by atoms with Crippen molar-refractivity contribution in [1.29, 1.82) is 0 Å². The number of halogens is 1. The van der Waals surface area contributed by atoms with Crippen molar-refractivity contribution in [3.05, 3.63) is 63.7 Å². The maximum absolute atomic E-state index is 12.4. The Labute approximate surface area is 125 Å². The molecule has 0 fully saturated rings. The molecule has 2 aromatic rings. The van der Waals surface area contributed by atoms with Crippen molar-refractivity contribution in [3.63, 3.8) is 0 Å². The molecule has 0 saturated heterocycles. The number of fused-ring (bicyclic) bond motifs is 1. The minimum atomic E-state index is -0.912. The molecule has 20 heavy (non-hydrogen) atoms. The average molecular weight is 379 g/mol. The summed E-state index contributed by atoms with van der Waals surface area (Å²) in [4.78, 5) is 24.6. The van der Waals surface area contributed by atoms with Gasteiger partial charge in [0.25, 0.3) is 5.91 Å². The minimum Gasteiger partial charge on any atom is -0.288 e. The van der Waals surface area contributed by atoms with Gasteiger partial charge in [0, 0.05) is 9.13 Å². The van der Waals surface area contributed by atoms with E-state index in [2.05, 4.69) is 0 Å². The second kappa shape index (κ2) is 5.26. The number of rotatable bonds is 1. The molecule has 1 aliphatic heterocycles. The summed E-state index contributed by atoms with van der Waals surface area (Å²) in [6.45, 7) is 0. The highest BCUT2D eigenvalue weighted by molar-refractivity contribution is 14.2. The van der Waals surface area contributed by atoms with Crippen LogP contribution in [0.25, 0.3) is 0 Å². The number of hydroxylamine groups is 1. The van der Waals surface area contributed by atoms with Crippen LogP contribution in [0.3, 0.4) is 0 Å². The second-order valence-corrected chi connectivity index (χ2v) is 7.03. The predicted molar refractivity (Wildman–Crippen MR) is 84.2 cm³/mol. The SMILES string of the molecule is O=C1C(=Ic2ccccc2)C(=O)N(O)c2ccccc21. The fourth-order valence-corrected chi connectivity index (χ4v) is 4.33. The Bertz CT molecular complexity index is 725. The largest absolute Gasteiger partial charge is 0.291 e. The van der Waals surface area contributed by atoms with Crippen LogP contribution in [0, 0.1) is 3.57 Å². The molecule has 2 aromatic carbocycles. The number of hydrogen-bond acceptors (Lipinski definition) is 3. The number of carbonyl (C=O) groups is 2. The van der Waals surface area contributed by atoms with Gasteiger partial charge in [0.2, 0.25) is 5.78 Å². The molecule has 0 atom stereocenters. The van der Waals surface area contributed by atoms with Crippen molar-refractivity contribution in [2.45, 2.75) is 0 Å². The van der Waals surface area contributed by atoms with Gasteiger partial charge in [0.15, 0.2) is 0 Å². The van der Waals surface area contributed by atoms with E-state index in [0.29, 0.717) is 10.6 Å². The maximum Gasteiger partial charge on any atom is 0.291 e. The number of para-hydroxylation sites is 1. The summed E-state index contributed by atoms with van der Waals surface area (Å²) in [5, 5.41) is 10.5. The molecule has 1 amide bonds. The topological polar surface area (TPSA) is 57.6 Å². The number of benzene rings is 2. The molecule has 5 heteroatoms. The van der Waals surface area contributed by atoms with Crippen molar-refractivity contribution in [3.8, 4) is 0 Å². The monoisotopic (exact) mass is 379 g/mol. The van der Waals surface area contributed by atoms with Gasteiger partial charge < -0.3 is 0 Å². The van der Waals surface area contributed by atoms with Crippen LogP contribution >= 0.6 is 20.7 Å². The van der Waals surface area contributed by atoms with Gasteiger partial charge in [-0.05, 0) is 24.3 Å². The fourth-order valence-electron chi connectivity index (χ4n) is 1.94. The summed E-state index contributed by atoms with van der Waals surface area (Å²) >= 11 is -0.912. The number of carbonyl (C=O) groups excluding carboxylic acids is 2. The summed E-state index contributed by atoms with van der Waals surface area (Å²) in [6.07, 6.45) is 0. The Morgan fingerprint density at radius 3 is 2.30 bits per heavy atom. The van der Waals surface area contributed by atoms with Crippen molar-refractivity contribution in [1.82, 2.24) is 0 Å². The average Bonchev–Trinajstić information content (AvgIpc) is 2.50. The molecule has 0 radical (unpaired) electrons. The van der Waals surface area contributed by atoms with Gasteiger partial charge in [0.05, 0.1) is 5.69 Å². The van der Waals surface area contributed by atoms with E-state index in [-0.39, 0.29) is 15.0 Å². The highest BCUT2D eigenvalue weighted by atomic mass is 127. The summed E-state index contributed by atoms with van der Waals surface area (Å²) in [6, 6.07) is 16.0. The third-order valence-corrected chi connectivity index (χ3v) is 5.73. The zero-order chi connectivity index (χ0) is 14.1. The van der Waals surface area contributed by atoms with E-state index in [1.54, 1.807) is 24.3 Å². The quantitative estimate of drug-likeness (QED) is 0.612. The van der Waals surface area contributed by atoms with Crippen LogP contribution < -0.4 is 5.06 Å². The lowest BCUT2D eigenvalue weighted by atomic mass is 10.0. The van der Waals surface area contributed by atoms with Gasteiger partial charge in [-0.25, -0.2) is 0 Å². The standard InChI is InChI=1S/C15H10INO3/c18-14-11-8-4-5-9-12(11)17(20)15(19)13(14)16-10-6-2-1-3-7-10/h1-9,20H. The Morgan fingerprint density at radius 2 is 1.55 bits per heavy atom. The Kier molecular flexibility index (Phi) is 3.45. The fraction of sp³-hybridized carbons (Fsp3) is 0. The van der Waals surface area contributed by atoms with Gasteiger partial charge in [-0.15, -0.1) is 0 Å². The Morgan fingerprint density at radius 1 is 0.900 bits per heavy atom. The van der Waals surface area contributed by atoms with Gasteiger partial charge in [0.1, 0.15) is 3.51 Å². The zero-order valence-electron chi connectivity index (χ0n) is 10.3. The lowest BCUT2D eigenvalue weighted by Crippen LogP contribution is -2.42. The van der Waals surface area contributed by atoms with E-state index in [1.165, 1.54) is 0 Å². The zero-order valence-corrected chi connectivity index (χ0v) is 12.4. The molecule has 1 N–H and O–H groups in total. The van der Waals surface area contributed by atoms with Gasteiger partial charge >= 0.3 is 0 Å². The molecule has 1 heterocycles. The van der Waals surface area contributed by atoms with Gasteiger partial charge in [-0.1, -0.05) is 51.1 Å². The van der Waals surface area contributed by atoms with Crippen molar-refractivity contribution >= 4 is 41.6 Å². The molecule has 3 rings (SSSR count). The highest BCUT2D eigenvalue weighted by Gasteiger charge is 2.34. The molecule has 1 aliphatic rings. The molecular formula is C15H10INO3. The number of nitrogens with zero attached hydrogens (tertiary/aromatic N) is 1. The summed E-state index contributed by atoms with van der Waals surface area (Å²) < 4.78 is 1.16. The number of Topliss-reactive ketones (excluding diaryl/α,β-unsaturated/α-hetero) is 1. The first-order valence-electron chi connectivity index (χ1n) is 5.92. The molecule has 0 unspecified atom stereocenters. The smallest absolute Gasteiger partial charge is 0.288 e. The van der Waals surface area contributed by atoms with Crippen LogP contribution in [-0.4, -0.2) is 20.4 Å². The molecule has 0 aromatic heterocycles. The first-order valence-corrected chi connectivity index (χ1v) is 8.08.